The smallest absolute Gasteiger partial charge is 0.416 e. The summed E-state index contributed by atoms with van der Waals surface area (Å²) in [5.74, 6) is 0.192. The van der Waals surface area contributed by atoms with Crippen LogP contribution in [0.2, 0.25) is 5.02 Å². The molecule has 0 aliphatic rings. The number of aromatic nitrogens is 2. The Bertz CT molecular complexity index is 1910. The van der Waals surface area contributed by atoms with Crippen LogP contribution in [0.25, 0.3) is 22.3 Å². The van der Waals surface area contributed by atoms with E-state index in [2.05, 4.69) is 26.0 Å². The lowest BCUT2D eigenvalue weighted by Gasteiger charge is -2.12. The van der Waals surface area contributed by atoms with Gasteiger partial charge in [0.15, 0.2) is 11.6 Å². The summed E-state index contributed by atoms with van der Waals surface area (Å²) in [6.45, 7) is 0.00589. The molecule has 0 radical (unpaired) electrons. The first-order valence-electron chi connectivity index (χ1n) is 12.1. The van der Waals surface area contributed by atoms with Gasteiger partial charge < -0.3 is 4.74 Å². The van der Waals surface area contributed by atoms with Crippen molar-refractivity contribution in [3.63, 3.8) is 0 Å². The van der Waals surface area contributed by atoms with Gasteiger partial charge in [-0.3, -0.25) is 14.9 Å². The molecule has 0 aliphatic carbocycles. The Morgan fingerprint density at radius 1 is 1.05 bits per heavy atom. The van der Waals surface area contributed by atoms with Crippen LogP contribution in [0.15, 0.2) is 99.3 Å². The number of hydrogen-bond acceptors (Lipinski definition) is 6. The van der Waals surface area contributed by atoms with Crippen molar-refractivity contribution in [1.29, 1.82) is 0 Å². The zero-order valence-corrected chi connectivity index (χ0v) is 23.5. The van der Waals surface area contributed by atoms with Crippen LogP contribution >= 0.6 is 27.5 Å². The molecule has 0 N–H and O–H groups in total. The fourth-order valence-electron chi connectivity index (χ4n) is 4.08. The second kappa shape index (κ2) is 11.7. The minimum absolute atomic E-state index is 0.00589. The number of alkyl halides is 3. The summed E-state index contributed by atoms with van der Waals surface area (Å²) in [4.78, 5) is 28.4. The van der Waals surface area contributed by atoms with E-state index in [1.165, 1.54) is 36.5 Å². The third-order valence-corrected chi connectivity index (χ3v) is 6.92. The van der Waals surface area contributed by atoms with Gasteiger partial charge in [0.05, 0.1) is 37.1 Å². The minimum atomic E-state index is -4.59. The van der Waals surface area contributed by atoms with Crippen molar-refractivity contribution in [2.45, 2.75) is 12.8 Å². The number of nitro benzene ring substituents is 1. The van der Waals surface area contributed by atoms with Gasteiger partial charge in [-0.25, -0.2) is 4.98 Å². The normalized spacial score (nSPS) is 11.7. The highest BCUT2D eigenvalue weighted by Crippen LogP contribution is 2.35. The second-order valence-electron chi connectivity index (χ2n) is 8.92. The molecule has 0 saturated carbocycles. The van der Waals surface area contributed by atoms with E-state index < -0.39 is 22.2 Å². The Balaban J connectivity index is 1.50. The van der Waals surface area contributed by atoms with Crippen LogP contribution in [0, 0.1) is 10.1 Å². The highest BCUT2D eigenvalue weighted by atomic mass is 79.9. The number of non-ortho nitro benzene ring substituents is 1. The second-order valence-corrected chi connectivity index (χ2v) is 10.2. The van der Waals surface area contributed by atoms with Crippen molar-refractivity contribution in [3.05, 3.63) is 132 Å². The standard InChI is InChI=1S/C29H17BrClF3N4O4/c30-23-12-18(13-24(31)26(23)42-16-17-5-3-8-21(11-17)38(40)41)15-35-37-27(19-6-4-7-20(14-19)29(32,33)34)36-25-10-2-1-9-22(25)28(37)39/h1-15H,16H2. The lowest BCUT2D eigenvalue weighted by Crippen LogP contribution is -2.20. The fourth-order valence-corrected chi connectivity index (χ4v) is 5.07. The predicted molar refractivity (Wildman–Crippen MR) is 156 cm³/mol. The molecule has 0 spiro atoms. The summed E-state index contributed by atoms with van der Waals surface area (Å²) in [5, 5.41) is 15.7. The zero-order valence-electron chi connectivity index (χ0n) is 21.2. The van der Waals surface area contributed by atoms with Crippen molar-refractivity contribution in [2.75, 3.05) is 0 Å². The summed E-state index contributed by atoms with van der Waals surface area (Å²) in [6.07, 6.45) is -3.28. The molecule has 42 heavy (non-hydrogen) atoms. The largest absolute Gasteiger partial charge is 0.486 e. The van der Waals surface area contributed by atoms with E-state index in [4.69, 9.17) is 16.3 Å². The van der Waals surface area contributed by atoms with Gasteiger partial charge in [0.25, 0.3) is 11.2 Å². The number of nitro groups is 1. The van der Waals surface area contributed by atoms with Gasteiger partial charge in [0, 0.05) is 17.7 Å². The van der Waals surface area contributed by atoms with Gasteiger partial charge in [-0.2, -0.15) is 22.9 Å². The third kappa shape index (κ3) is 6.19. The molecule has 212 valence electrons. The zero-order chi connectivity index (χ0) is 30.0. The van der Waals surface area contributed by atoms with Crippen LogP contribution < -0.4 is 10.3 Å². The maximum atomic E-state index is 13.4. The Morgan fingerprint density at radius 2 is 1.81 bits per heavy atom. The molecule has 0 fully saturated rings. The Hall–Kier alpha value is -4.55. The van der Waals surface area contributed by atoms with Crippen molar-refractivity contribution in [1.82, 2.24) is 9.66 Å². The fraction of sp³-hybridized carbons (Fsp3) is 0.0690. The highest BCUT2D eigenvalue weighted by molar-refractivity contribution is 9.10. The Morgan fingerprint density at radius 3 is 2.55 bits per heavy atom. The van der Waals surface area contributed by atoms with E-state index in [-0.39, 0.29) is 39.8 Å². The van der Waals surface area contributed by atoms with Gasteiger partial charge >= 0.3 is 6.18 Å². The molecule has 1 aromatic heterocycles. The van der Waals surface area contributed by atoms with Gasteiger partial charge in [-0.15, -0.1) is 0 Å². The van der Waals surface area contributed by atoms with Gasteiger partial charge in [0.1, 0.15) is 6.61 Å². The molecule has 13 heteroatoms. The molecule has 5 rings (SSSR count). The predicted octanol–water partition coefficient (Wildman–Crippen LogP) is 7.87. The molecule has 0 atom stereocenters. The lowest BCUT2D eigenvalue weighted by molar-refractivity contribution is -0.384. The van der Waals surface area contributed by atoms with Crippen LogP contribution in [0.5, 0.6) is 5.75 Å². The van der Waals surface area contributed by atoms with Crippen LogP contribution in [0.4, 0.5) is 18.9 Å². The molecule has 1 heterocycles. The molecule has 0 unspecified atom stereocenters. The Kier molecular flexibility index (Phi) is 8.10. The number of halogens is 5. The molecule has 0 saturated heterocycles. The maximum absolute atomic E-state index is 13.4. The number of fused-ring (bicyclic) bond motifs is 1. The molecule has 8 nitrogen and oxygen atoms in total. The van der Waals surface area contributed by atoms with Gasteiger partial charge in [0.2, 0.25) is 0 Å². The average molecular weight is 658 g/mol. The van der Waals surface area contributed by atoms with Crippen molar-refractivity contribution < 1.29 is 22.8 Å². The number of ether oxygens (including phenoxy) is 1. The van der Waals surface area contributed by atoms with E-state index >= 15 is 0 Å². The molecular weight excluding hydrogens is 641 g/mol. The number of benzene rings is 4. The van der Waals surface area contributed by atoms with E-state index in [9.17, 15) is 28.1 Å². The SMILES string of the molecule is O=c1c2ccccc2nc(-c2cccc(C(F)(F)F)c2)n1N=Cc1cc(Cl)c(OCc2cccc([N+](=O)[O-])c2)c(Br)c1. The summed E-state index contributed by atoms with van der Waals surface area (Å²) >= 11 is 9.84. The topological polar surface area (TPSA) is 99.6 Å². The monoisotopic (exact) mass is 656 g/mol. The summed E-state index contributed by atoms with van der Waals surface area (Å²) < 4.78 is 47.4. The van der Waals surface area contributed by atoms with Crippen LogP contribution in [-0.4, -0.2) is 20.8 Å². The number of nitrogens with zero attached hydrogens (tertiary/aromatic N) is 4. The summed E-state index contributed by atoms with van der Waals surface area (Å²) in [6, 6.07) is 20.0. The van der Waals surface area contributed by atoms with Gasteiger partial charge in [-0.1, -0.05) is 48.0 Å². The van der Waals surface area contributed by atoms with Gasteiger partial charge in [-0.05, 0) is 63.5 Å². The molecule has 5 aromatic rings. The first-order valence-corrected chi connectivity index (χ1v) is 13.3. The third-order valence-electron chi connectivity index (χ3n) is 6.05. The van der Waals surface area contributed by atoms with E-state index in [0.717, 1.165) is 16.8 Å². The number of hydrogen-bond donors (Lipinski definition) is 0. The molecule has 0 bridgehead atoms. The molecule has 0 aliphatic heterocycles. The summed E-state index contributed by atoms with van der Waals surface area (Å²) in [7, 11) is 0. The number of para-hydroxylation sites is 1. The number of rotatable bonds is 7. The maximum Gasteiger partial charge on any atom is 0.416 e. The molecular formula is C29H17BrClF3N4O4. The summed E-state index contributed by atoms with van der Waals surface area (Å²) in [5.41, 5.74) is -0.199. The average Bonchev–Trinajstić information content (AvgIpc) is 2.96. The van der Waals surface area contributed by atoms with Crippen LogP contribution in [-0.2, 0) is 12.8 Å². The van der Waals surface area contributed by atoms with Crippen molar-refractivity contribution >= 4 is 50.3 Å². The quantitative estimate of drug-likeness (QED) is 0.101. The van der Waals surface area contributed by atoms with Crippen LogP contribution in [0.1, 0.15) is 16.7 Å². The first kappa shape index (κ1) is 29.0. The van der Waals surface area contributed by atoms with Crippen molar-refractivity contribution in [2.24, 2.45) is 5.10 Å². The molecule has 0 amide bonds. The van der Waals surface area contributed by atoms with E-state index in [0.29, 0.717) is 21.1 Å². The lowest BCUT2D eigenvalue weighted by atomic mass is 10.1. The Labute approximate surface area is 248 Å². The van der Waals surface area contributed by atoms with Crippen molar-refractivity contribution in [3.8, 4) is 17.1 Å². The highest BCUT2D eigenvalue weighted by Gasteiger charge is 2.31. The van der Waals surface area contributed by atoms with E-state index in [1.54, 1.807) is 42.5 Å². The molecule has 4 aromatic carbocycles. The van der Waals surface area contributed by atoms with Crippen LogP contribution in [0.3, 0.4) is 0 Å². The first-order chi connectivity index (χ1) is 20.0. The van der Waals surface area contributed by atoms with E-state index in [1.807, 2.05) is 0 Å². The minimum Gasteiger partial charge on any atom is -0.486 e.